The van der Waals surface area contributed by atoms with Gasteiger partial charge in [0.15, 0.2) is 0 Å². The molecule has 7 heteroatoms. The molecule has 0 spiro atoms. The average Bonchev–Trinajstić information content (AvgIpc) is 2.70. The number of carbonyl (C=O) groups is 2. The quantitative estimate of drug-likeness (QED) is 0.831. The summed E-state index contributed by atoms with van der Waals surface area (Å²) in [6, 6.07) is 13.8. The second-order valence-corrected chi connectivity index (χ2v) is 6.63. The molecule has 3 rings (SSSR count). The summed E-state index contributed by atoms with van der Waals surface area (Å²) in [6.07, 6.45) is 0. The number of carbonyl (C=O) groups excluding carboxylic acids is 2. The number of hydrogen-bond donors (Lipinski definition) is 1. The fourth-order valence-corrected chi connectivity index (χ4v) is 3.13. The van der Waals surface area contributed by atoms with Gasteiger partial charge in [-0.15, -0.1) is 0 Å². The maximum absolute atomic E-state index is 13.9. The molecule has 2 aromatic rings. The van der Waals surface area contributed by atoms with Crippen LogP contribution in [-0.4, -0.2) is 49.6 Å². The lowest BCUT2D eigenvalue weighted by molar-refractivity contribution is -0.133. The molecule has 28 heavy (non-hydrogen) atoms. The van der Waals surface area contributed by atoms with E-state index in [1.165, 1.54) is 17.9 Å². The topological polar surface area (TPSA) is 61.9 Å². The van der Waals surface area contributed by atoms with Crippen LogP contribution < -0.4 is 10.2 Å². The molecule has 148 valence electrons. The molecule has 1 aliphatic rings. The van der Waals surface area contributed by atoms with E-state index < -0.39 is 5.82 Å². The summed E-state index contributed by atoms with van der Waals surface area (Å²) >= 11 is 0. The number of anilines is 2. The standard InChI is InChI=1S/C21H24FN3O3/c1-16(26)25(14-17-6-2-3-7-18(17)22)15-21(27)23-19-8-4-5-9-20(19)24-10-12-28-13-11-24/h2-9H,10-15H2,1H3,(H,23,27). The van der Waals surface area contributed by atoms with E-state index in [1.54, 1.807) is 18.2 Å². The summed E-state index contributed by atoms with van der Waals surface area (Å²) in [6.45, 7) is 4.04. The van der Waals surface area contributed by atoms with Gasteiger partial charge < -0.3 is 19.9 Å². The van der Waals surface area contributed by atoms with Gasteiger partial charge in [0, 0.05) is 32.1 Å². The Balaban J connectivity index is 1.68. The van der Waals surface area contributed by atoms with Crippen LogP contribution in [0, 0.1) is 5.82 Å². The summed E-state index contributed by atoms with van der Waals surface area (Å²) in [5.74, 6) is -1.01. The zero-order valence-corrected chi connectivity index (χ0v) is 15.9. The first-order valence-electron chi connectivity index (χ1n) is 9.25. The highest BCUT2D eigenvalue weighted by atomic mass is 19.1. The molecule has 1 saturated heterocycles. The molecule has 0 unspecified atom stereocenters. The molecule has 0 saturated carbocycles. The van der Waals surface area contributed by atoms with Crippen molar-refractivity contribution in [2.75, 3.05) is 43.1 Å². The number of benzene rings is 2. The first kappa shape index (κ1) is 19.8. The third kappa shape index (κ3) is 5.07. The number of halogens is 1. The predicted molar refractivity (Wildman–Crippen MR) is 106 cm³/mol. The largest absolute Gasteiger partial charge is 0.378 e. The van der Waals surface area contributed by atoms with E-state index in [-0.39, 0.29) is 24.9 Å². The Morgan fingerprint density at radius 1 is 1.11 bits per heavy atom. The van der Waals surface area contributed by atoms with Gasteiger partial charge >= 0.3 is 0 Å². The molecule has 1 fully saturated rings. The minimum absolute atomic E-state index is 0.0422. The van der Waals surface area contributed by atoms with Crippen LogP contribution in [0.2, 0.25) is 0 Å². The van der Waals surface area contributed by atoms with Gasteiger partial charge in [0.1, 0.15) is 12.4 Å². The van der Waals surface area contributed by atoms with Crippen molar-refractivity contribution in [1.29, 1.82) is 0 Å². The first-order valence-corrected chi connectivity index (χ1v) is 9.25. The molecule has 0 radical (unpaired) electrons. The Kier molecular flexibility index (Phi) is 6.60. The van der Waals surface area contributed by atoms with E-state index in [9.17, 15) is 14.0 Å². The van der Waals surface area contributed by atoms with E-state index in [0.29, 0.717) is 24.5 Å². The maximum atomic E-state index is 13.9. The van der Waals surface area contributed by atoms with Crippen LogP contribution in [0.3, 0.4) is 0 Å². The SMILES string of the molecule is CC(=O)N(CC(=O)Nc1ccccc1N1CCOCC1)Cc1ccccc1F. The lowest BCUT2D eigenvalue weighted by Gasteiger charge is -2.30. The highest BCUT2D eigenvalue weighted by Crippen LogP contribution is 2.26. The van der Waals surface area contributed by atoms with Gasteiger partial charge in [-0.05, 0) is 18.2 Å². The van der Waals surface area contributed by atoms with Crippen molar-refractivity contribution in [2.45, 2.75) is 13.5 Å². The van der Waals surface area contributed by atoms with Crippen molar-refractivity contribution in [3.05, 3.63) is 59.9 Å². The highest BCUT2D eigenvalue weighted by molar-refractivity contribution is 5.97. The molecule has 0 bridgehead atoms. The summed E-state index contributed by atoms with van der Waals surface area (Å²) in [5, 5.41) is 2.88. The summed E-state index contributed by atoms with van der Waals surface area (Å²) in [4.78, 5) is 28.0. The van der Waals surface area contributed by atoms with Crippen molar-refractivity contribution in [2.24, 2.45) is 0 Å². The minimum Gasteiger partial charge on any atom is -0.378 e. The van der Waals surface area contributed by atoms with Crippen molar-refractivity contribution >= 4 is 23.2 Å². The van der Waals surface area contributed by atoms with Crippen LogP contribution in [0.1, 0.15) is 12.5 Å². The number of hydrogen-bond acceptors (Lipinski definition) is 4. The van der Waals surface area contributed by atoms with Crippen molar-refractivity contribution in [3.63, 3.8) is 0 Å². The Labute approximate surface area is 163 Å². The van der Waals surface area contributed by atoms with E-state index >= 15 is 0 Å². The van der Waals surface area contributed by atoms with E-state index in [4.69, 9.17) is 4.74 Å². The number of nitrogens with zero attached hydrogens (tertiary/aromatic N) is 2. The second-order valence-electron chi connectivity index (χ2n) is 6.63. The smallest absolute Gasteiger partial charge is 0.244 e. The lowest BCUT2D eigenvalue weighted by atomic mass is 10.2. The fraction of sp³-hybridized carbons (Fsp3) is 0.333. The van der Waals surface area contributed by atoms with Crippen molar-refractivity contribution in [3.8, 4) is 0 Å². The van der Waals surface area contributed by atoms with Crippen molar-refractivity contribution in [1.82, 2.24) is 4.90 Å². The zero-order valence-electron chi connectivity index (χ0n) is 15.9. The number of ether oxygens (including phenoxy) is 1. The third-order valence-corrected chi connectivity index (χ3v) is 4.63. The molecular weight excluding hydrogens is 361 g/mol. The Morgan fingerprint density at radius 3 is 2.50 bits per heavy atom. The molecule has 1 heterocycles. The summed E-state index contributed by atoms with van der Waals surface area (Å²) in [5.41, 5.74) is 1.98. The fourth-order valence-electron chi connectivity index (χ4n) is 3.13. The number of nitrogens with one attached hydrogen (secondary N) is 1. The van der Waals surface area contributed by atoms with Crippen LogP contribution in [0.25, 0.3) is 0 Å². The van der Waals surface area contributed by atoms with Gasteiger partial charge in [0.25, 0.3) is 0 Å². The molecule has 0 atom stereocenters. The highest BCUT2D eigenvalue weighted by Gasteiger charge is 2.19. The van der Waals surface area contributed by atoms with Gasteiger partial charge in [-0.1, -0.05) is 30.3 Å². The first-order chi connectivity index (χ1) is 13.5. The maximum Gasteiger partial charge on any atom is 0.244 e. The van der Waals surface area contributed by atoms with Gasteiger partial charge in [-0.2, -0.15) is 0 Å². The number of rotatable bonds is 6. The Morgan fingerprint density at radius 2 is 1.79 bits per heavy atom. The van der Waals surface area contributed by atoms with Crippen LogP contribution in [-0.2, 0) is 20.9 Å². The van der Waals surface area contributed by atoms with Gasteiger partial charge in [-0.25, -0.2) is 4.39 Å². The zero-order chi connectivity index (χ0) is 19.9. The van der Waals surface area contributed by atoms with E-state index in [1.807, 2.05) is 24.3 Å². The summed E-state index contributed by atoms with van der Waals surface area (Å²) < 4.78 is 19.3. The van der Waals surface area contributed by atoms with E-state index in [0.717, 1.165) is 18.8 Å². The van der Waals surface area contributed by atoms with Gasteiger partial charge in [0.2, 0.25) is 11.8 Å². The Bertz CT molecular complexity index is 837. The van der Waals surface area contributed by atoms with Crippen LogP contribution in [0.4, 0.5) is 15.8 Å². The molecule has 1 aliphatic heterocycles. The second kappa shape index (κ2) is 9.32. The molecule has 0 aromatic heterocycles. The predicted octanol–water partition coefficient (Wildman–Crippen LogP) is 2.65. The number of morpholine rings is 1. The Hall–Kier alpha value is -2.93. The van der Waals surface area contributed by atoms with Gasteiger partial charge in [-0.3, -0.25) is 9.59 Å². The third-order valence-electron chi connectivity index (χ3n) is 4.63. The van der Waals surface area contributed by atoms with Crippen LogP contribution in [0.15, 0.2) is 48.5 Å². The van der Waals surface area contributed by atoms with E-state index in [2.05, 4.69) is 10.2 Å². The van der Waals surface area contributed by atoms with Crippen LogP contribution in [0.5, 0.6) is 0 Å². The molecule has 6 nitrogen and oxygen atoms in total. The molecule has 0 aliphatic carbocycles. The molecular formula is C21H24FN3O3. The number of para-hydroxylation sites is 2. The van der Waals surface area contributed by atoms with Gasteiger partial charge in [0.05, 0.1) is 24.6 Å². The van der Waals surface area contributed by atoms with Crippen LogP contribution >= 0.6 is 0 Å². The molecule has 1 N–H and O–H groups in total. The average molecular weight is 385 g/mol. The molecule has 2 aromatic carbocycles. The monoisotopic (exact) mass is 385 g/mol. The minimum atomic E-state index is -0.396. The summed E-state index contributed by atoms with van der Waals surface area (Å²) in [7, 11) is 0. The molecule has 2 amide bonds. The normalized spacial score (nSPS) is 13.9. The van der Waals surface area contributed by atoms with Crippen molar-refractivity contribution < 1.29 is 18.7 Å². The lowest BCUT2D eigenvalue weighted by Crippen LogP contribution is -2.38. The number of amides is 2.